The van der Waals surface area contributed by atoms with Gasteiger partial charge in [0.25, 0.3) is 0 Å². The Balaban J connectivity index is 0.00000203. The number of aromatic hydroxyl groups is 2. The first-order valence-electron chi connectivity index (χ1n) is 22.5. The summed E-state index contributed by atoms with van der Waals surface area (Å²) in [5.41, 5.74) is 11.0. The average molecular weight is 960 g/mol. The SMILES string of the molecule is Cc1cc(-c2ccccc2OCC2CCCCC2COc2ccccc2-c2cc(C)cc(-n3c4ccccc4c4ccccc43)c2O)c(O)c(-n2c3ccccc3c3ccccc32)c1.[CH3-].[CH3-].[Zr+2]. The Kier molecular flexibility index (Phi) is 13.8. The van der Waals surface area contributed by atoms with Crippen molar-refractivity contribution in [2.45, 2.75) is 39.5 Å². The van der Waals surface area contributed by atoms with E-state index in [0.29, 0.717) is 13.2 Å². The molecular formula is C60H56N2O4Zr. The Morgan fingerprint density at radius 2 is 0.746 bits per heavy atom. The van der Waals surface area contributed by atoms with Gasteiger partial charge in [0.2, 0.25) is 0 Å². The summed E-state index contributed by atoms with van der Waals surface area (Å²) in [5, 5.41) is 29.0. The van der Waals surface area contributed by atoms with Crippen molar-refractivity contribution in [3.63, 3.8) is 0 Å². The molecule has 2 N–H and O–H groups in total. The van der Waals surface area contributed by atoms with Crippen LogP contribution in [0, 0.1) is 40.5 Å². The minimum Gasteiger partial charge on any atom is -0.505 e. The van der Waals surface area contributed by atoms with Crippen LogP contribution in [0.25, 0.3) is 77.2 Å². The predicted octanol–water partition coefficient (Wildman–Crippen LogP) is 15.4. The molecule has 11 rings (SSSR count). The Bertz CT molecular complexity index is 3050. The number of fused-ring (bicyclic) bond motifs is 6. The van der Waals surface area contributed by atoms with Gasteiger partial charge >= 0.3 is 26.2 Å². The maximum Gasteiger partial charge on any atom is 2.00 e. The fourth-order valence-corrected chi connectivity index (χ4v) is 10.4. The fraction of sp³-hybridized carbons (Fsp3) is 0.167. The summed E-state index contributed by atoms with van der Waals surface area (Å²) in [6.07, 6.45) is 4.39. The number of ether oxygens (including phenoxy) is 2. The maximum atomic E-state index is 12.2. The van der Waals surface area contributed by atoms with Gasteiger partial charge in [0.05, 0.1) is 46.7 Å². The standard InChI is InChI=1S/C58H50N2O4.2CH3.Zr/c1-37-31-47(57(61)53(33-37)59-49-25-11-5-19-41(49)42-20-6-12-26-50(42)59)45-23-9-15-29-55(45)63-35-39-17-3-4-18-40(39)36-64-56-30-16-10-24-46(56)48-32-38(2)34-54(58(48)62)60-51-27-13-7-21-43(51)44-22-8-14-28-52(44)60;;;/h5-16,19-34,39-40,61-62H,3-4,17-18,35-36H2,1-2H3;2*1H3;/q;2*-1;+2. The van der Waals surface area contributed by atoms with E-state index in [1.54, 1.807) is 0 Å². The third-order valence-electron chi connectivity index (χ3n) is 13.4. The molecule has 1 fully saturated rings. The Morgan fingerprint density at radius 3 is 1.10 bits per heavy atom. The fourth-order valence-electron chi connectivity index (χ4n) is 10.4. The van der Waals surface area contributed by atoms with Gasteiger partial charge in [-0.15, -0.1) is 0 Å². The molecule has 6 nitrogen and oxygen atoms in total. The Hall–Kier alpha value is -6.56. The summed E-state index contributed by atoms with van der Waals surface area (Å²) >= 11 is 0. The normalized spacial score (nSPS) is 14.7. The number of benzene rings is 8. The third kappa shape index (κ3) is 8.44. The van der Waals surface area contributed by atoms with Crippen molar-refractivity contribution in [1.29, 1.82) is 0 Å². The van der Waals surface area contributed by atoms with Crippen LogP contribution in [0.1, 0.15) is 36.8 Å². The van der Waals surface area contributed by atoms with Gasteiger partial charge in [-0.3, -0.25) is 0 Å². The number of phenols is 2. The smallest absolute Gasteiger partial charge is 0.505 e. The zero-order valence-electron chi connectivity index (χ0n) is 38.7. The molecule has 0 saturated heterocycles. The van der Waals surface area contributed by atoms with Gasteiger partial charge in [0.15, 0.2) is 0 Å². The monoisotopic (exact) mass is 958 g/mol. The second-order valence-electron chi connectivity index (χ2n) is 17.5. The van der Waals surface area contributed by atoms with Gasteiger partial charge in [0, 0.05) is 43.8 Å². The largest absolute Gasteiger partial charge is 2.00 e. The number of aromatic nitrogens is 2. The van der Waals surface area contributed by atoms with Crippen LogP contribution in [-0.2, 0) is 26.2 Å². The molecule has 2 aromatic heterocycles. The van der Waals surface area contributed by atoms with E-state index in [4.69, 9.17) is 9.47 Å². The molecule has 10 aromatic rings. The molecule has 8 aromatic carbocycles. The number of nitrogens with zero attached hydrogens (tertiary/aromatic N) is 2. The van der Waals surface area contributed by atoms with E-state index in [1.165, 1.54) is 0 Å². The van der Waals surface area contributed by atoms with Crippen molar-refractivity contribution in [1.82, 2.24) is 9.13 Å². The molecular weight excluding hydrogens is 904 g/mol. The number of hydrogen-bond donors (Lipinski definition) is 2. The summed E-state index contributed by atoms with van der Waals surface area (Å²) < 4.78 is 18.0. The molecule has 334 valence electrons. The summed E-state index contributed by atoms with van der Waals surface area (Å²) in [5.74, 6) is 2.50. The Labute approximate surface area is 413 Å². The third-order valence-corrected chi connectivity index (χ3v) is 13.4. The molecule has 0 aliphatic heterocycles. The minimum absolute atomic E-state index is 0. The van der Waals surface area contributed by atoms with Crippen molar-refractivity contribution in [2.24, 2.45) is 11.8 Å². The molecule has 7 heteroatoms. The number of hydrogen-bond acceptors (Lipinski definition) is 4. The van der Waals surface area contributed by atoms with Crippen LogP contribution in [0.4, 0.5) is 0 Å². The topological polar surface area (TPSA) is 68.8 Å². The zero-order valence-corrected chi connectivity index (χ0v) is 41.1. The molecule has 2 heterocycles. The first-order chi connectivity index (χ1) is 31.4. The number of aryl methyl sites for hydroxylation is 2. The molecule has 67 heavy (non-hydrogen) atoms. The number of phenolic OH excluding ortho intramolecular Hbond substituents is 2. The van der Waals surface area contributed by atoms with E-state index in [2.05, 4.69) is 144 Å². The van der Waals surface area contributed by atoms with Crippen molar-refractivity contribution < 1.29 is 45.9 Å². The van der Waals surface area contributed by atoms with Crippen LogP contribution in [0.3, 0.4) is 0 Å². The number of para-hydroxylation sites is 6. The molecule has 1 aliphatic rings. The summed E-state index contributed by atoms with van der Waals surface area (Å²) in [6.45, 7) is 5.25. The van der Waals surface area contributed by atoms with Crippen molar-refractivity contribution in [3.8, 4) is 56.6 Å². The number of rotatable bonds is 10. The molecule has 0 spiro atoms. The van der Waals surface area contributed by atoms with E-state index in [9.17, 15) is 10.2 Å². The van der Waals surface area contributed by atoms with Gasteiger partial charge in [0.1, 0.15) is 23.0 Å². The van der Waals surface area contributed by atoms with Gasteiger partial charge < -0.3 is 43.7 Å². The molecule has 0 bridgehead atoms. The minimum atomic E-state index is 0. The quantitative estimate of drug-likeness (QED) is 0.134. The van der Waals surface area contributed by atoms with E-state index in [0.717, 1.165) is 126 Å². The summed E-state index contributed by atoms with van der Waals surface area (Å²) in [4.78, 5) is 0. The molecule has 0 radical (unpaired) electrons. The Morgan fingerprint density at radius 1 is 0.433 bits per heavy atom. The van der Waals surface area contributed by atoms with Crippen molar-refractivity contribution in [3.05, 3.63) is 196 Å². The summed E-state index contributed by atoms with van der Waals surface area (Å²) in [7, 11) is 0. The van der Waals surface area contributed by atoms with Gasteiger partial charge in [-0.25, -0.2) is 0 Å². The molecule has 0 amide bonds. The molecule has 1 saturated carbocycles. The van der Waals surface area contributed by atoms with Gasteiger partial charge in [-0.1, -0.05) is 122 Å². The second kappa shape index (κ2) is 19.7. The van der Waals surface area contributed by atoms with E-state index < -0.39 is 0 Å². The predicted molar refractivity (Wildman–Crippen MR) is 275 cm³/mol. The van der Waals surface area contributed by atoms with Crippen LogP contribution in [0.2, 0.25) is 0 Å². The van der Waals surface area contributed by atoms with Crippen LogP contribution < -0.4 is 9.47 Å². The van der Waals surface area contributed by atoms with Gasteiger partial charge in [-0.05, 0) is 110 Å². The van der Waals surface area contributed by atoms with Crippen LogP contribution in [-0.4, -0.2) is 32.6 Å². The van der Waals surface area contributed by atoms with Crippen LogP contribution in [0.15, 0.2) is 170 Å². The van der Waals surface area contributed by atoms with Crippen molar-refractivity contribution in [2.75, 3.05) is 13.2 Å². The van der Waals surface area contributed by atoms with E-state index >= 15 is 0 Å². The summed E-state index contributed by atoms with van der Waals surface area (Å²) in [6, 6.07) is 57.9. The molecule has 2 atom stereocenters. The van der Waals surface area contributed by atoms with Crippen LogP contribution in [0.5, 0.6) is 23.0 Å². The second-order valence-corrected chi connectivity index (χ2v) is 17.5. The molecule has 2 unspecified atom stereocenters. The van der Waals surface area contributed by atoms with E-state index in [1.807, 2.05) is 48.5 Å². The first-order valence-corrected chi connectivity index (χ1v) is 22.5. The molecule has 1 aliphatic carbocycles. The van der Waals surface area contributed by atoms with Crippen LogP contribution >= 0.6 is 0 Å². The average Bonchev–Trinajstić information content (AvgIpc) is 3.85. The van der Waals surface area contributed by atoms with E-state index in [-0.39, 0.29) is 64.4 Å². The van der Waals surface area contributed by atoms with Gasteiger partial charge in [-0.2, -0.15) is 0 Å². The zero-order chi connectivity index (χ0) is 43.3. The maximum absolute atomic E-state index is 12.2. The first kappa shape index (κ1) is 47.0. The van der Waals surface area contributed by atoms with Crippen molar-refractivity contribution >= 4 is 43.6 Å².